The van der Waals surface area contributed by atoms with Crippen molar-refractivity contribution in [3.05, 3.63) is 71.4 Å². The number of hydrogen-bond acceptors (Lipinski definition) is 3. The highest BCUT2D eigenvalue weighted by atomic mass is 32.1. The first-order valence-corrected chi connectivity index (χ1v) is 9.01. The quantitative estimate of drug-likeness (QED) is 0.599. The standard InChI is InChI=1S/C21H23N3OS/c1-22(2)18-11-9-17(10-12-18)15-19-20(25)24(21(26)23(19)3)14-13-16-7-5-4-6-8-16/h4-12,15H,13-14H2,1-3H3. The topological polar surface area (TPSA) is 26.8 Å². The lowest BCUT2D eigenvalue weighted by Crippen LogP contribution is -2.33. The van der Waals surface area contributed by atoms with Crippen LogP contribution in [0.5, 0.6) is 0 Å². The average Bonchev–Trinajstić information content (AvgIpc) is 2.85. The van der Waals surface area contributed by atoms with Gasteiger partial charge in [-0.05, 0) is 48.0 Å². The van der Waals surface area contributed by atoms with Crippen molar-refractivity contribution in [1.29, 1.82) is 0 Å². The fraction of sp³-hybridized carbons (Fsp3) is 0.238. The molecule has 2 aromatic carbocycles. The molecule has 5 heteroatoms. The lowest BCUT2D eigenvalue weighted by molar-refractivity contribution is -0.122. The number of rotatable bonds is 5. The zero-order valence-electron chi connectivity index (χ0n) is 15.3. The molecule has 4 nitrogen and oxygen atoms in total. The molecule has 0 spiro atoms. The number of anilines is 1. The third-order valence-electron chi connectivity index (χ3n) is 4.52. The maximum atomic E-state index is 12.8. The molecule has 0 atom stereocenters. The van der Waals surface area contributed by atoms with Gasteiger partial charge in [-0.15, -0.1) is 0 Å². The predicted molar refractivity (Wildman–Crippen MR) is 111 cm³/mol. The highest BCUT2D eigenvalue weighted by Gasteiger charge is 2.35. The molecule has 26 heavy (non-hydrogen) atoms. The first-order valence-electron chi connectivity index (χ1n) is 8.60. The van der Waals surface area contributed by atoms with Crippen molar-refractivity contribution < 1.29 is 4.79 Å². The Labute approximate surface area is 160 Å². The van der Waals surface area contributed by atoms with Gasteiger partial charge in [0, 0.05) is 33.4 Å². The summed E-state index contributed by atoms with van der Waals surface area (Å²) in [6.45, 7) is 0.586. The van der Waals surface area contributed by atoms with Gasteiger partial charge in [0.25, 0.3) is 5.91 Å². The number of nitrogens with zero attached hydrogens (tertiary/aromatic N) is 3. The number of benzene rings is 2. The number of amides is 1. The number of hydrogen-bond donors (Lipinski definition) is 0. The van der Waals surface area contributed by atoms with E-state index in [4.69, 9.17) is 12.2 Å². The van der Waals surface area contributed by atoms with Crippen LogP contribution < -0.4 is 4.90 Å². The molecule has 1 heterocycles. The molecule has 0 bridgehead atoms. The first kappa shape index (κ1) is 18.1. The van der Waals surface area contributed by atoms with Gasteiger partial charge < -0.3 is 9.80 Å². The molecule has 3 rings (SSSR count). The smallest absolute Gasteiger partial charge is 0.276 e. The first-order chi connectivity index (χ1) is 12.5. The van der Waals surface area contributed by atoms with Gasteiger partial charge in [-0.3, -0.25) is 9.69 Å². The Kier molecular flexibility index (Phi) is 5.38. The summed E-state index contributed by atoms with van der Waals surface area (Å²) < 4.78 is 0. The summed E-state index contributed by atoms with van der Waals surface area (Å²) >= 11 is 5.49. The van der Waals surface area contributed by atoms with Crippen molar-refractivity contribution in [2.24, 2.45) is 0 Å². The van der Waals surface area contributed by atoms with E-state index in [9.17, 15) is 4.79 Å². The number of carbonyl (C=O) groups excluding carboxylic acids is 1. The second-order valence-electron chi connectivity index (χ2n) is 6.55. The summed E-state index contributed by atoms with van der Waals surface area (Å²) in [5.74, 6) is -0.0369. The number of likely N-dealkylation sites (N-methyl/N-ethyl adjacent to an activating group) is 1. The molecule has 0 unspecified atom stereocenters. The fourth-order valence-electron chi connectivity index (χ4n) is 2.92. The molecule has 0 saturated carbocycles. The second-order valence-corrected chi connectivity index (χ2v) is 6.91. The summed E-state index contributed by atoms with van der Waals surface area (Å²) in [5, 5.41) is 0.557. The molecule has 0 N–H and O–H groups in total. The molecule has 1 aliphatic rings. The van der Waals surface area contributed by atoms with Gasteiger partial charge in [0.2, 0.25) is 0 Å². The van der Waals surface area contributed by atoms with E-state index in [1.807, 2.05) is 74.6 Å². The normalized spacial score (nSPS) is 15.9. The van der Waals surface area contributed by atoms with E-state index in [2.05, 4.69) is 12.1 Å². The maximum Gasteiger partial charge on any atom is 0.276 e. The van der Waals surface area contributed by atoms with Gasteiger partial charge in [0.05, 0.1) is 0 Å². The summed E-state index contributed by atoms with van der Waals surface area (Å²) in [6.07, 6.45) is 2.68. The molecule has 0 aromatic heterocycles. The minimum atomic E-state index is -0.0369. The van der Waals surface area contributed by atoms with Crippen molar-refractivity contribution in [3.8, 4) is 0 Å². The molecule has 134 valence electrons. The Balaban J connectivity index is 1.76. The molecule has 2 aromatic rings. The zero-order chi connectivity index (χ0) is 18.7. The van der Waals surface area contributed by atoms with Gasteiger partial charge in [-0.1, -0.05) is 42.5 Å². The van der Waals surface area contributed by atoms with Crippen molar-refractivity contribution in [2.45, 2.75) is 6.42 Å². The predicted octanol–water partition coefficient (Wildman–Crippen LogP) is 3.40. The Morgan fingerprint density at radius 3 is 2.31 bits per heavy atom. The fourth-order valence-corrected chi connectivity index (χ4v) is 3.19. The van der Waals surface area contributed by atoms with E-state index >= 15 is 0 Å². The van der Waals surface area contributed by atoms with Crippen LogP contribution in [0.2, 0.25) is 0 Å². The van der Waals surface area contributed by atoms with Gasteiger partial charge in [-0.2, -0.15) is 0 Å². The molecule has 1 saturated heterocycles. The zero-order valence-corrected chi connectivity index (χ0v) is 16.2. The van der Waals surface area contributed by atoms with Gasteiger partial charge in [0.1, 0.15) is 5.70 Å². The Hall–Kier alpha value is -2.66. The molecule has 0 aliphatic carbocycles. The summed E-state index contributed by atoms with van der Waals surface area (Å²) in [6, 6.07) is 18.2. The molecular weight excluding hydrogens is 342 g/mol. The highest BCUT2D eigenvalue weighted by Crippen LogP contribution is 2.23. The van der Waals surface area contributed by atoms with Crippen LogP contribution in [0.1, 0.15) is 11.1 Å². The molecule has 0 radical (unpaired) electrons. The van der Waals surface area contributed by atoms with Crippen LogP contribution in [0.25, 0.3) is 6.08 Å². The van der Waals surface area contributed by atoms with E-state index < -0.39 is 0 Å². The lowest BCUT2D eigenvalue weighted by atomic mass is 10.1. The SMILES string of the molecule is CN1C(=S)N(CCc2ccccc2)C(=O)C1=Cc1ccc(N(C)C)cc1. The Morgan fingerprint density at radius 1 is 1.04 bits per heavy atom. The Morgan fingerprint density at radius 2 is 1.69 bits per heavy atom. The van der Waals surface area contributed by atoms with E-state index in [1.165, 1.54) is 5.56 Å². The third-order valence-corrected chi connectivity index (χ3v) is 5.02. The minimum Gasteiger partial charge on any atom is -0.378 e. The van der Waals surface area contributed by atoms with Crippen LogP contribution >= 0.6 is 12.2 Å². The van der Waals surface area contributed by atoms with Crippen LogP contribution in [0, 0.1) is 0 Å². The number of carbonyl (C=O) groups is 1. The summed E-state index contributed by atoms with van der Waals surface area (Å²) in [5.41, 5.74) is 3.92. The highest BCUT2D eigenvalue weighted by molar-refractivity contribution is 7.80. The second kappa shape index (κ2) is 7.70. The van der Waals surface area contributed by atoms with E-state index in [-0.39, 0.29) is 5.91 Å². The van der Waals surface area contributed by atoms with Crippen molar-refractivity contribution in [3.63, 3.8) is 0 Å². The van der Waals surface area contributed by atoms with Gasteiger partial charge in [-0.25, -0.2) is 0 Å². The monoisotopic (exact) mass is 365 g/mol. The summed E-state index contributed by atoms with van der Waals surface area (Å²) in [7, 11) is 5.86. The van der Waals surface area contributed by atoms with Crippen LogP contribution in [0.3, 0.4) is 0 Å². The molecule has 1 fully saturated rings. The van der Waals surface area contributed by atoms with Crippen LogP contribution in [0.4, 0.5) is 5.69 Å². The molecule has 1 aliphatic heterocycles. The summed E-state index contributed by atoms with van der Waals surface area (Å²) in [4.78, 5) is 18.4. The molecule has 1 amide bonds. The average molecular weight is 366 g/mol. The van der Waals surface area contributed by atoms with Crippen LogP contribution in [0.15, 0.2) is 60.3 Å². The van der Waals surface area contributed by atoms with E-state index in [0.717, 1.165) is 17.7 Å². The van der Waals surface area contributed by atoms with Crippen LogP contribution in [-0.4, -0.2) is 48.5 Å². The maximum absolute atomic E-state index is 12.8. The van der Waals surface area contributed by atoms with Gasteiger partial charge in [0.15, 0.2) is 5.11 Å². The largest absolute Gasteiger partial charge is 0.378 e. The van der Waals surface area contributed by atoms with Crippen molar-refractivity contribution in [1.82, 2.24) is 9.80 Å². The van der Waals surface area contributed by atoms with Crippen molar-refractivity contribution in [2.75, 3.05) is 32.6 Å². The molecular formula is C21H23N3OS. The third kappa shape index (κ3) is 3.78. The lowest BCUT2D eigenvalue weighted by Gasteiger charge is -2.16. The van der Waals surface area contributed by atoms with Gasteiger partial charge >= 0.3 is 0 Å². The van der Waals surface area contributed by atoms with Crippen LogP contribution in [-0.2, 0) is 11.2 Å². The van der Waals surface area contributed by atoms with Crippen molar-refractivity contribution >= 4 is 35.0 Å². The number of thiocarbonyl (C=S) groups is 1. The van der Waals surface area contributed by atoms with E-state index in [1.54, 1.807) is 9.80 Å². The van der Waals surface area contributed by atoms with E-state index in [0.29, 0.717) is 17.4 Å². The Bertz CT molecular complexity index is 828. The minimum absolute atomic E-state index is 0.0369.